The molecule has 0 aromatic carbocycles. The quantitative estimate of drug-likeness (QED) is 0.663. The van der Waals surface area contributed by atoms with E-state index in [1.54, 1.807) is 24.8 Å². The molecule has 4 N–H and O–H groups in total. The summed E-state index contributed by atoms with van der Waals surface area (Å²) in [5, 5.41) is 0. The highest BCUT2D eigenvalue weighted by Gasteiger charge is 2.12. The number of nitrogens with zero attached hydrogens (tertiary/aromatic N) is 2. The van der Waals surface area contributed by atoms with Crippen molar-refractivity contribution in [2.75, 3.05) is 0 Å². The SMILES string of the molecule is Cl.NC(c1ncc[nH]1)c1ncc[nH]1. The number of hydrogen-bond acceptors (Lipinski definition) is 3. The van der Waals surface area contributed by atoms with Gasteiger partial charge in [-0.3, -0.25) is 0 Å². The van der Waals surface area contributed by atoms with E-state index in [0.29, 0.717) is 11.6 Å². The Bertz CT molecular complexity index is 293. The molecule has 2 aromatic heterocycles. The average molecular weight is 200 g/mol. The summed E-state index contributed by atoms with van der Waals surface area (Å²) >= 11 is 0. The molecule has 2 aromatic rings. The molecule has 2 rings (SSSR count). The fourth-order valence-electron chi connectivity index (χ4n) is 1.02. The number of nitrogens with one attached hydrogen (secondary N) is 2. The van der Waals surface area contributed by atoms with Crippen molar-refractivity contribution < 1.29 is 0 Å². The molecule has 70 valence electrons. The first-order chi connectivity index (χ1) is 5.88. The van der Waals surface area contributed by atoms with Crippen LogP contribution in [0.5, 0.6) is 0 Å². The molecule has 0 saturated heterocycles. The van der Waals surface area contributed by atoms with Gasteiger partial charge in [0.1, 0.15) is 17.7 Å². The van der Waals surface area contributed by atoms with Crippen molar-refractivity contribution in [3.63, 3.8) is 0 Å². The topological polar surface area (TPSA) is 83.4 Å². The minimum atomic E-state index is -0.296. The van der Waals surface area contributed by atoms with E-state index < -0.39 is 0 Å². The van der Waals surface area contributed by atoms with Crippen molar-refractivity contribution in [1.29, 1.82) is 0 Å². The largest absolute Gasteiger partial charge is 0.347 e. The monoisotopic (exact) mass is 199 g/mol. The lowest BCUT2D eigenvalue weighted by molar-refractivity contribution is 0.749. The number of nitrogens with two attached hydrogens (primary N) is 1. The standard InChI is InChI=1S/C7H9N5.ClH/c8-5(6-9-1-2-10-6)7-11-3-4-12-7;/h1-5H,8H2,(H,9,10)(H,11,12);1H. The second-order valence-corrected chi connectivity index (χ2v) is 2.43. The van der Waals surface area contributed by atoms with Gasteiger partial charge >= 0.3 is 0 Å². The summed E-state index contributed by atoms with van der Waals surface area (Å²) in [6.07, 6.45) is 6.80. The van der Waals surface area contributed by atoms with Crippen molar-refractivity contribution in [2.45, 2.75) is 6.04 Å². The highest BCUT2D eigenvalue weighted by molar-refractivity contribution is 5.85. The van der Waals surface area contributed by atoms with E-state index in [-0.39, 0.29) is 18.4 Å². The molecule has 0 fully saturated rings. The molecule has 0 saturated carbocycles. The van der Waals surface area contributed by atoms with Crippen molar-refractivity contribution in [1.82, 2.24) is 19.9 Å². The van der Waals surface area contributed by atoms with Gasteiger partial charge in [-0.25, -0.2) is 9.97 Å². The van der Waals surface area contributed by atoms with Crippen LogP contribution in [0.2, 0.25) is 0 Å². The van der Waals surface area contributed by atoms with Crippen LogP contribution < -0.4 is 5.73 Å². The number of hydrogen-bond donors (Lipinski definition) is 3. The molecule has 0 bridgehead atoms. The highest BCUT2D eigenvalue weighted by Crippen LogP contribution is 2.09. The molecule has 0 radical (unpaired) electrons. The minimum absolute atomic E-state index is 0. The average Bonchev–Trinajstić information content (AvgIpc) is 2.77. The highest BCUT2D eigenvalue weighted by atomic mass is 35.5. The number of aromatic nitrogens is 4. The van der Waals surface area contributed by atoms with Crippen LogP contribution in [-0.4, -0.2) is 19.9 Å². The third-order valence-electron chi connectivity index (χ3n) is 1.63. The zero-order valence-electron chi connectivity index (χ0n) is 6.77. The Morgan fingerprint density at radius 1 is 1.08 bits per heavy atom. The Balaban J connectivity index is 0.000000845. The molecule has 2 heterocycles. The first-order valence-corrected chi connectivity index (χ1v) is 3.62. The molecule has 0 aliphatic carbocycles. The zero-order valence-corrected chi connectivity index (χ0v) is 7.58. The first kappa shape index (κ1) is 9.76. The second kappa shape index (κ2) is 4.06. The van der Waals surface area contributed by atoms with Gasteiger partial charge in [0.2, 0.25) is 0 Å². The van der Waals surface area contributed by atoms with Gasteiger partial charge in [-0.15, -0.1) is 12.4 Å². The molecule has 0 spiro atoms. The number of aromatic amines is 2. The smallest absolute Gasteiger partial charge is 0.130 e. The lowest BCUT2D eigenvalue weighted by Crippen LogP contribution is -2.14. The maximum Gasteiger partial charge on any atom is 0.130 e. The summed E-state index contributed by atoms with van der Waals surface area (Å²) in [7, 11) is 0. The van der Waals surface area contributed by atoms with Gasteiger partial charge in [-0.05, 0) is 0 Å². The van der Waals surface area contributed by atoms with Gasteiger partial charge in [0.05, 0.1) is 0 Å². The predicted octanol–water partition coefficient (Wildman–Crippen LogP) is 0.603. The zero-order chi connectivity index (χ0) is 8.39. The second-order valence-electron chi connectivity index (χ2n) is 2.43. The van der Waals surface area contributed by atoms with Gasteiger partial charge in [-0.1, -0.05) is 0 Å². The molecule has 0 amide bonds. The summed E-state index contributed by atoms with van der Waals surface area (Å²) in [5.74, 6) is 1.43. The minimum Gasteiger partial charge on any atom is -0.347 e. The van der Waals surface area contributed by atoms with Crippen LogP contribution in [0.4, 0.5) is 0 Å². The fourth-order valence-corrected chi connectivity index (χ4v) is 1.02. The van der Waals surface area contributed by atoms with Crippen LogP contribution in [0.3, 0.4) is 0 Å². The molecule has 6 heteroatoms. The van der Waals surface area contributed by atoms with Crippen LogP contribution in [0.25, 0.3) is 0 Å². The van der Waals surface area contributed by atoms with E-state index in [1.165, 1.54) is 0 Å². The van der Waals surface area contributed by atoms with Crippen molar-refractivity contribution >= 4 is 12.4 Å². The van der Waals surface area contributed by atoms with E-state index in [1.807, 2.05) is 0 Å². The van der Waals surface area contributed by atoms with Gasteiger partial charge in [0.25, 0.3) is 0 Å². The molecule has 0 aliphatic heterocycles. The van der Waals surface area contributed by atoms with E-state index >= 15 is 0 Å². The molecule has 13 heavy (non-hydrogen) atoms. The maximum absolute atomic E-state index is 5.82. The van der Waals surface area contributed by atoms with Gasteiger partial charge in [0, 0.05) is 24.8 Å². The number of imidazole rings is 2. The number of halogens is 1. The molecule has 0 aliphatic rings. The van der Waals surface area contributed by atoms with E-state index in [9.17, 15) is 0 Å². The summed E-state index contributed by atoms with van der Waals surface area (Å²) < 4.78 is 0. The Hall–Kier alpha value is -1.33. The van der Waals surface area contributed by atoms with Gasteiger partial charge in [0.15, 0.2) is 0 Å². The summed E-state index contributed by atoms with van der Waals surface area (Å²) in [4.78, 5) is 13.9. The van der Waals surface area contributed by atoms with Crippen LogP contribution in [-0.2, 0) is 0 Å². The first-order valence-electron chi connectivity index (χ1n) is 3.62. The molecule has 0 unspecified atom stereocenters. The van der Waals surface area contributed by atoms with Crippen LogP contribution in [0, 0.1) is 0 Å². The van der Waals surface area contributed by atoms with Gasteiger partial charge < -0.3 is 15.7 Å². The van der Waals surface area contributed by atoms with Crippen molar-refractivity contribution in [2.24, 2.45) is 5.73 Å². The van der Waals surface area contributed by atoms with Crippen LogP contribution >= 0.6 is 12.4 Å². The summed E-state index contributed by atoms with van der Waals surface area (Å²) in [6, 6.07) is -0.296. The van der Waals surface area contributed by atoms with Crippen molar-refractivity contribution in [3.8, 4) is 0 Å². The lowest BCUT2D eigenvalue weighted by Gasteiger charge is -2.03. The third kappa shape index (κ3) is 1.88. The Morgan fingerprint density at radius 2 is 1.54 bits per heavy atom. The van der Waals surface area contributed by atoms with Crippen LogP contribution in [0.1, 0.15) is 17.7 Å². The Kier molecular flexibility index (Phi) is 3.05. The molecule has 0 atom stereocenters. The maximum atomic E-state index is 5.82. The Morgan fingerprint density at radius 3 is 1.85 bits per heavy atom. The van der Waals surface area contributed by atoms with E-state index in [4.69, 9.17) is 5.73 Å². The fraction of sp³-hybridized carbons (Fsp3) is 0.143. The lowest BCUT2D eigenvalue weighted by atomic mass is 10.3. The van der Waals surface area contributed by atoms with E-state index in [0.717, 1.165) is 0 Å². The van der Waals surface area contributed by atoms with Crippen LogP contribution in [0.15, 0.2) is 24.8 Å². The molecular weight excluding hydrogens is 190 g/mol. The summed E-state index contributed by atoms with van der Waals surface area (Å²) in [6.45, 7) is 0. The molecular formula is C7H10ClN5. The predicted molar refractivity (Wildman–Crippen MR) is 50.5 cm³/mol. The molecule has 5 nitrogen and oxygen atoms in total. The van der Waals surface area contributed by atoms with Crippen molar-refractivity contribution in [3.05, 3.63) is 36.4 Å². The normalized spacial score (nSPS) is 10.0. The number of rotatable bonds is 2. The Labute approximate surface area is 81.2 Å². The third-order valence-corrected chi connectivity index (χ3v) is 1.63. The van der Waals surface area contributed by atoms with Gasteiger partial charge in [-0.2, -0.15) is 0 Å². The van der Waals surface area contributed by atoms with E-state index in [2.05, 4.69) is 19.9 Å². The summed E-state index contributed by atoms with van der Waals surface area (Å²) in [5.41, 5.74) is 5.82. The number of H-pyrrole nitrogens is 2.